The molecular weight excluding hydrogens is 347 g/mol. The van der Waals surface area contributed by atoms with Gasteiger partial charge < -0.3 is 10.6 Å². The monoisotopic (exact) mass is 380 g/mol. The molecule has 0 bridgehead atoms. The summed E-state index contributed by atoms with van der Waals surface area (Å²) in [5.41, 5.74) is 0.796. The van der Waals surface area contributed by atoms with Crippen molar-refractivity contribution >= 4 is 17.7 Å². The lowest BCUT2D eigenvalue weighted by atomic mass is 9.96. The quantitative estimate of drug-likeness (QED) is 0.562. The summed E-state index contributed by atoms with van der Waals surface area (Å²) in [6, 6.07) is 7.08. The van der Waals surface area contributed by atoms with Crippen LogP contribution in [0.15, 0.2) is 29.3 Å². The van der Waals surface area contributed by atoms with Gasteiger partial charge in [-0.1, -0.05) is 18.2 Å². The Bertz CT molecular complexity index is 583. The molecule has 4 nitrogen and oxygen atoms in total. The van der Waals surface area contributed by atoms with Gasteiger partial charge in [0.15, 0.2) is 5.96 Å². The topological polar surface area (TPSA) is 39.7 Å². The summed E-state index contributed by atoms with van der Waals surface area (Å²) in [4.78, 5) is 6.67. The first-order valence-electron chi connectivity index (χ1n) is 9.39. The van der Waals surface area contributed by atoms with E-state index in [1.165, 1.54) is 0 Å². The summed E-state index contributed by atoms with van der Waals surface area (Å²) in [7, 11) is 1.82. The number of thioether (sulfide) groups is 1. The molecule has 2 N–H and O–H groups in total. The zero-order valence-electron chi connectivity index (χ0n) is 16.5. The van der Waals surface area contributed by atoms with Gasteiger partial charge in [0.1, 0.15) is 5.82 Å². The first-order chi connectivity index (χ1) is 12.4. The second-order valence-electron chi connectivity index (χ2n) is 7.58. The van der Waals surface area contributed by atoms with E-state index in [1.807, 2.05) is 30.9 Å². The second kappa shape index (κ2) is 10.2. The summed E-state index contributed by atoms with van der Waals surface area (Å²) in [6.45, 7) is 9.02. The van der Waals surface area contributed by atoms with Crippen LogP contribution < -0.4 is 10.6 Å². The minimum Gasteiger partial charge on any atom is -0.356 e. The fourth-order valence-corrected chi connectivity index (χ4v) is 3.26. The Labute approximate surface area is 162 Å². The predicted molar refractivity (Wildman–Crippen MR) is 111 cm³/mol. The summed E-state index contributed by atoms with van der Waals surface area (Å²) in [5, 5.41) is 6.87. The van der Waals surface area contributed by atoms with Crippen LogP contribution in [-0.2, 0) is 6.54 Å². The van der Waals surface area contributed by atoms with E-state index in [2.05, 4.69) is 40.6 Å². The number of likely N-dealkylation sites (tertiary alicyclic amines) is 1. The summed E-state index contributed by atoms with van der Waals surface area (Å²) in [6.07, 6.45) is 4.40. The van der Waals surface area contributed by atoms with Crippen LogP contribution in [0.1, 0.15) is 32.3 Å². The molecule has 26 heavy (non-hydrogen) atoms. The molecule has 1 aliphatic heterocycles. The summed E-state index contributed by atoms with van der Waals surface area (Å²) < 4.78 is 14.0. The Kier molecular flexibility index (Phi) is 8.22. The molecule has 146 valence electrons. The molecule has 0 spiro atoms. The highest BCUT2D eigenvalue weighted by Gasteiger charge is 2.21. The molecule has 0 aromatic heterocycles. The van der Waals surface area contributed by atoms with Crippen molar-refractivity contribution in [3.63, 3.8) is 0 Å². The molecule has 0 amide bonds. The molecule has 0 aliphatic carbocycles. The van der Waals surface area contributed by atoms with Gasteiger partial charge in [-0.05, 0) is 58.0 Å². The van der Waals surface area contributed by atoms with Crippen LogP contribution in [-0.4, -0.2) is 55.1 Å². The zero-order valence-corrected chi connectivity index (χ0v) is 17.3. The van der Waals surface area contributed by atoms with Crippen molar-refractivity contribution in [1.29, 1.82) is 0 Å². The predicted octanol–water partition coefficient (Wildman–Crippen LogP) is 3.34. The van der Waals surface area contributed by atoms with Gasteiger partial charge in [0.2, 0.25) is 0 Å². The van der Waals surface area contributed by atoms with Gasteiger partial charge in [-0.25, -0.2) is 4.39 Å². The molecule has 1 aromatic carbocycles. The number of guanidine groups is 1. The number of piperidine rings is 1. The number of aliphatic imine (C=N–C) groups is 1. The molecule has 0 unspecified atom stereocenters. The van der Waals surface area contributed by atoms with Crippen LogP contribution in [0.5, 0.6) is 0 Å². The van der Waals surface area contributed by atoms with Gasteiger partial charge in [0.25, 0.3) is 0 Å². The van der Waals surface area contributed by atoms with Gasteiger partial charge in [0.05, 0.1) is 0 Å². The first-order valence-corrected chi connectivity index (χ1v) is 10.6. The van der Waals surface area contributed by atoms with E-state index >= 15 is 0 Å². The molecule has 1 heterocycles. The number of halogens is 1. The van der Waals surface area contributed by atoms with Crippen LogP contribution in [0.4, 0.5) is 4.39 Å². The molecule has 1 aromatic rings. The van der Waals surface area contributed by atoms with E-state index in [-0.39, 0.29) is 10.6 Å². The highest BCUT2D eigenvalue weighted by molar-refractivity contribution is 7.99. The standard InChI is InChI=1S/C20H33FN4S/c1-20(2,26-4)15-24-19(22-3)23-13-16-9-11-25(12-10-16)14-17-7-5-6-8-18(17)21/h5-8,16H,9-15H2,1-4H3,(H2,22,23,24). The van der Waals surface area contributed by atoms with Crippen LogP contribution >= 0.6 is 11.8 Å². The van der Waals surface area contributed by atoms with Crippen molar-refractivity contribution in [2.75, 3.05) is 39.5 Å². The fraction of sp³-hybridized carbons (Fsp3) is 0.650. The van der Waals surface area contributed by atoms with E-state index in [0.717, 1.165) is 50.5 Å². The Morgan fingerprint density at radius 3 is 2.58 bits per heavy atom. The molecule has 0 radical (unpaired) electrons. The van der Waals surface area contributed by atoms with Crippen LogP contribution in [0.25, 0.3) is 0 Å². The number of nitrogens with zero attached hydrogens (tertiary/aromatic N) is 2. The maximum absolute atomic E-state index is 13.8. The van der Waals surface area contributed by atoms with E-state index in [0.29, 0.717) is 12.5 Å². The fourth-order valence-electron chi connectivity index (χ4n) is 3.05. The lowest BCUT2D eigenvalue weighted by Gasteiger charge is -2.32. The van der Waals surface area contributed by atoms with Crippen molar-refractivity contribution in [2.45, 2.75) is 38.0 Å². The normalized spacial score (nSPS) is 17.3. The number of hydrogen-bond donors (Lipinski definition) is 2. The Balaban J connectivity index is 1.70. The Morgan fingerprint density at radius 1 is 1.27 bits per heavy atom. The highest BCUT2D eigenvalue weighted by Crippen LogP contribution is 2.20. The SMILES string of the molecule is CN=C(NCC1CCN(Cc2ccccc2F)CC1)NCC(C)(C)SC. The smallest absolute Gasteiger partial charge is 0.191 e. The van der Waals surface area contributed by atoms with E-state index in [9.17, 15) is 4.39 Å². The number of nitrogens with one attached hydrogen (secondary N) is 2. The first kappa shape index (κ1) is 21.0. The summed E-state index contributed by atoms with van der Waals surface area (Å²) in [5.74, 6) is 1.42. The number of hydrogen-bond acceptors (Lipinski definition) is 3. The van der Waals surface area contributed by atoms with Gasteiger partial charge in [-0.3, -0.25) is 9.89 Å². The highest BCUT2D eigenvalue weighted by atomic mass is 32.2. The maximum Gasteiger partial charge on any atom is 0.191 e. The van der Waals surface area contributed by atoms with Crippen molar-refractivity contribution in [3.05, 3.63) is 35.6 Å². The largest absolute Gasteiger partial charge is 0.356 e. The van der Waals surface area contributed by atoms with E-state index < -0.39 is 0 Å². The van der Waals surface area contributed by atoms with Gasteiger partial charge in [-0.15, -0.1) is 0 Å². The molecule has 1 saturated heterocycles. The minimum atomic E-state index is -0.0978. The third-order valence-corrected chi connectivity index (χ3v) is 6.32. The molecule has 0 atom stereocenters. The lowest BCUT2D eigenvalue weighted by Crippen LogP contribution is -2.46. The Morgan fingerprint density at radius 2 is 1.96 bits per heavy atom. The average Bonchev–Trinajstić information content (AvgIpc) is 2.65. The third kappa shape index (κ3) is 6.80. The van der Waals surface area contributed by atoms with Crippen LogP contribution in [0.3, 0.4) is 0 Å². The maximum atomic E-state index is 13.8. The van der Waals surface area contributed by atoms with Crippen LogP contribution in [0, 0.1) is 11.7 Å². The zero-order chi connectivity index (χ0) is 19.0. The number of rotatable bonds is 7. The lowest BCUT2D eigenvalue weighted by molar-refractivity contribution is 0.176. The molecule has 1 aliphatic rings. The molecule has 6 heteroatoms. The van der Waals surface area contributed by atoms with Crippen molar-refractivity contribution in [2.24, 2.45) is 10.9 Å². The molecule has 0 saturated carbocycles. The molecule has 2 rings (SSSR count). The van der Waals surface area contributed by atoms with Gasteiger partial charge >= 0.3 is 0 Å². The van der Waals surface area contributed by atoms with Crippen molar-refractivity contribution < 1.29 is 4.39 Å². The second-order valence-corrected chi connectivity index (χ2v) is 9.09. The molecular formula is C20H33FN4S. The number of benzene rings is 1. The third-order valence-electron chi connectivity index (χ3n) is 5.07. The van der Waals surface area contributed by atoms with Crippen LogP contribution in [0.2, 0.25) is 0 Å². The van der Waals surface area contributed by atoms with E-state index in [1.54, 1.807) is 12.1 Å². The molecule has 1 fully saturated rings. The summed E-state index contributed by atoms with van der Waals surface area (Å²) >= 11 is 1.85. The minimum absolute atomic E-state index is 0.0978. The Hall–Kier alpha value is -1.27. The van der Waals surface area contributed by atoms with Gasteiger partial charge in [0, 0.05) is 37.0 Å². The van der Waals surface area contributed by atoms with Crippen molar-refractivity contribution in [3.8, 4) is 0 Å². The van der Waals surface area contributed by atoms with Crippen molar-refractivity contribution in [1.82, 2.24) is 15.5 Å². The van der Waals surface area contributed by atoms with E-state index in [4.69, 9.17) is 0 Å². The van der Waals surface area contributed by atoms with Gasteiger partial charge in [-0.2, -0.15) is 11.8 Å². The average molecular weight is 381 g/mol.